The van der Waals surface area contributed by atoms with Crippen LogP contribution in [0.3, 0.4) is 0 Å². The molecule has 0 fully saturated rings. The summed E-state index contributed by atoms with van der Waals surface area (Å²) >= 11 is 0. The van der Waals surface area contributed by atoms with Gasteiger partial charge in [-0.2, -0.15) is 0 Å². The smallest absolute Gasteiger partial charge is 0.253 e. The van der Waals surface area contributed by atoms with Crippen molar-refractivity contribution in [3.8, 4) is 5.69 Å². The maximum atomic E-state index is 12.9. The molecule has 1 aliphatic carbocycles. The van der Waals surface area contributed by atoms with E-state index in [1.807, 2.05) is 53.4 Å². The second-order valence-electron chi connectivity index (χ2n) is 7.04. The summed E-state index contributed by atoms with van der Waals surface area (Å²) < 4.78 is 1.97. The molecule has 0 unspecified atom stereocenters. The molecule has 26 heavy (non-hydrogen) atoms. The summed E-state index contributed by atoms with van der Waals surface area (Å²) in [4.78, 5) is 12.9. The number of aromatic nitrogens is 1. The van der Waals surface area contributed by atoms with Crippen LogP contribution < -0.4 is 5.32 Å². The van der Waals surface area contributed by atoms with Gasteiger partial charge in [-0.05, 0) is 73.6 Å². The van der Waals surface area contributed by atoms with Gasteiger partial charge in [0.2, 0.25) is 0 Å². The van der Waals surface area contributed by atoms with Crippen molar-refractivity contribution >= 4 is 5.91 Å². The molecule has 0 spiro atoms. The van der Waals surface area contributed by atoms with Crippen LogP contribution in [0.15, 0.2) is 67.0 Å². The van der Waals surface area contributed by atoms with Crippen molar-refractivity contribution in [1.82, 2.24) is 9.88 Å². The quantitative estimate of drug-likeness (QED) is 0.721. The van der Waals surface area contributed by atoms with E-state index >= 15 is 0 Å². The molecule has 3 aromatic rings. The molecular formula is C23H24N2O. The molecular weight excluding hydrogens is 320 g/mol. The molecule has 0 saturated carbocycles. The van der Waals surface area contributed by atoms with E-state index in [9.17, 15) is 4.79 Å². The number of hydrogen-bond acceptors (Lipinski definition) is 1. The summed E-state index contributed by atoms with van der Waals surface area (Å²) in [5, 5.41) is 3.17. The summed E-state index contributed by atoms with van der Waals surface area (Å²) in [6, 6.07) is 18.3. The number of carbonyl (C=O) groups excluding carboxylic acids is 1. The van der Waals surface area contributed by atoms with E-state index in [1.54, 1.807) is 0 Å². The third kappa shape index (κ3) is 3.30. The van der Waals surface area contributed by atoms with Crippen molar-refractivity contribution < 1.29 is 4.79 Å². The van der Waals surface area contributed by atoms with Gasteiger partial charge < -0.3 is 9.88 Å². The van der Waals surface area contributed by atoms with Gasteiger partial charge in [0, 0.05) is 12.4 Å². The standard InChI is InChI=1S/C23H24N2O/c1-17(19-13-12-18-8-2-3-9-20(18)16-19)24-23(26)21-10-4-5-11-22(21)25-14-6-7-15-25/h4-7,10-17H,2-3,8-9H2,1H3,(H,24,26)/t17-/m0/s1. The molecule has 3 nitrogen and oxygen atoms in total. The van der Waals surface area contributed by atoms with Crippen molar-refractivity contribution in [3.05, 3.63) is 89.2 Å². The number of rotatable bonds is 4. The van der Waals surface area contributed by atoms with Crippen LogP contribution in [0.5, 0.6) is 0 Å². The number of benzene rings is 2. The Labute approximate surface area is 154 Å². The average Bonchev–Trinajstić information content (AvgIpc) is 3.22. The van der Waals surface area contributed by atoms with Crippen molar-refractivity contribution in [2.45, 2.75) is 38.6 Å². The lowest BCUT2D eigenvalue weighted by Gasteiger charge is -2.20. The number of para-hydroxylation sites is 1. The minimum atomic E-state index is -0.0421. The summed E-state index contributed by atoms with van der Waals surface area (Å²) in [5.41, 5.74) is 5.68. The highest BCUT2D eigenvalue weighted by Gasteiger charge is 2.17. The van der Waals surface area contributed by atoms with Crippen molar-refractivity contribution in [3.63, 3.8) is 0 Å². The van der Waals surface area contributed by atoms with Crippen LogP contribution in [-0.2, 0) is 12.8 Å². The highest BCUT2D eigenvalue weighted by molar-refractivity contribution is 5.98. The van der Waals surface area contributed by atoms with Gasteiger partial charge in [-0.25, -0.2) is 0 Å². The Hall–Kier alpha value is -2.81. The summed E-state index contributed by atoms with van der Waals surface area (Å²) in [6.07, 6.45) is 8.80. The van der Waals surface area contributed by atoms with E-state index in [-0.39, 0.29) is 11.9 Å². The van der Waals surface area contributed by atoms with Crippen molar-refractivity contribution in [2.24, 2.45) is 0 Å². The maximum absolute atomic E-state index is 12.9. The summed E-state index contributed by atoms with van der Waals surface area (Å²) in [7, 11) is 0. The zero-order chi connectivity index (χ0) is 17.9. The predicted octanol–water partition coefficient (Wildman–Crippen LogP) is 4.85. The molecule has 0 bridgehead atoms. The number of carbonyl (C=O) groups is 1. The number of fused-ring (bicyclic) bond motifs is 1. The molecule has 0 radical (unpaired) electrons. The van der Waals surface area contributed by atoms with E-state index in [1.165, 1.54) is 36.0 Å². The van der Waals surface area contributed by atoms with Crippen LogP contribution in [0.2, 0.25) is 0 Å². The van der Waals surface area contributed by atoms with Gasteiger partial charge in [0.25, 0.3) is 5.91 Å². The molecule has 3 heteroatoms. The summed E-state index contributed by atoms with van der Waals surface area (Å²) in [5.74, 6) is -0.0421. The SMILES string of the molecule is C[C@H](NC(=O)c1ccccc1-n1cccc1)c1ccc2c(c1)CCCC2. The maximum Gasteiger partial charge on any atom is 0.253 e. The Balaban J connectivity index is 1.55. The Morgan fingerprint density at radius 3 is 2.50 bits per heavy atom. The fraction of sp³-hybridized carbons (Fsp3) is 0.261. The first-order valence-corrected chi connectivity index (χ1v) is 9.37. The average molecular weight is 344 g/mol. The normalized spacial score (nSPS) is 14.5. The van der Waals surface area contributed by atoms with E-state index in [2.05, 4.69) is 30.4 Å². The molecule has 1 atom stereocenters. The lowest BCUT2D eigenvalue weighted by molar-refractivity contribution is 0.0940. The first kappa shape index (κ1) is 16.6. The molecule has 2 aromatic carbocycles. The largest absolute Gasteiger partial charge is 0.345 e. The van der Waals surface area contributed by atoms with Gasteiger partial charge in [0.1, 0.15) is 0 Å². The minimum Gasteiger partial charge on any atom is -0.345 e. The summed E-state index contributed by atoms with van der Waals surface area (Å²) in [6.45, 7) is 2.06. The highest BCUT2D eigenvalue weighted by atomic mass is 16.1. The molecule has 1 N–H and O–H groups in total. The number of nitrogens with one attached hydrogen (secondary N) is 1. The number of nitrogens with zero attached hydrogens (tertiary/aromatic N) is 1. The van der Waals surface area contributed by atoms with E-state index in [4.69, 9.17) is 0 Å². The molecule has 1 aliphatic rings. The zero-order valence-corrected chi connectivity index (χ0v) is 15.1. The monoisotopic (exact) mass is 344 g/mol. The molecule has 1 aromatic heterocycles. The Kier molecular flexibility index (Phi) is 4.61. The molecule has 1 heterocycles. The molecule has 0 aliphatic heterocycles. The van der Waals surface area contributed by atoms with Gasteiger partial charge in [-0.3, -0.25) is 4.79 Å². The molecule has 1 amide bonds. The van der Waals surface area contributed by atoms with Gasteiger partial charge in [0.15, 0.2) is 0 Å². The zero-order valence-electron chi connectivity index (χ0n) is 15.1. The van der Waals surface area contributed by atoms with Crippen LogP contribution in [-0.4, -0.2) is 10.5 Å². The van der Waals surface area contributed by atoms with Gasteiger partial charge >= 0.3 is 0 Å². The predicted molar refractivity (Wildman–Crippen MR) is 105 cm³/mol. The second kappa shape index (κ2) is 7.20. The third-order valence-corrected chi connectivity index (χ3v) is 5.25. The molecule has 132 valence electrons. The van der Waals surface area contributed by atoms with E-state index in [0.717, 1.165) is 12.1 Å². The van der Waals surface area contributed by atoms with E-state index < -0.39 is 0 Å². The van der Waals surface area contributed by atoms with E-state index in [0.29, 0.717) is 5.56 Å². The topological polar surface area (TPSA) is 34.0 Å². The Bertz CT molecular complexity index is 912. The molecule has 4 rings (SSSR count). The minimum absolute atomic E-state index is 0.0209. The van der Waals surface area contributed by atoms with Crippen LogP contribution >= 0.6 is 0 Å². The van der Waals surface area contributed by atoms with Gasteiger partial charge in [-0.1, -0.05) is 30.3 Å². The Morgan fingerprint density at radius 1 is 0.962 bits per heavy atom. The Morgan fingerprint density at radius 2 is 1.69 bits per heavy atom. The van der Waals surface area contributed by atoms with Crippen molar-refractivity contribution in [2.75, 3.05) is 0 Å². The number of aryl methyl sites for hydroxylation is 2. The van der Waals surface area contributed by atoms with Crippen LogP contribution in [0, 0.1) is 0 Å². The lowest BCUT2D eigenvalue weighted by Crippen LogP contribution is -2.27. The fourth-order valence-corrected chi connectivity index (χ4v) is 3.77. The first-order valence-electron chi connectivity index (χ1n) is 9.37. The van der Waals surface area contributed by atoms with Crippen LogP contribution in [0.1, 0.15) is 52.9 Å². The number of hydrogen-bond donors (Lipinski definition) is 1. The van der Waals surface area contributed by atoms with Crippen molar-refractivity contribution in [1.29, 1.82) is 0 Å². The first-order chi connectivity index (χ1) is 12.7. The molecule has 0 saturated heterocycles. The number of amides is 1. The van der Waals surface area contributed by atoms with Gasteiger partial charge in [0.05, 0.1) is 17.3 Å². The fourth-order valence-electron chi connectivity index (χ4n) is 3.77. The second-order valence-corrected chi connectivity index (χ2v) is 7.04. The van der Waals surface area contributed by atoms with Crippen LogP contribution in [0.4, 0.5) is 0 Å². The highest BCUT2D eigenvalue weighted by Crippen LogP contribution is 2.25. The van der Waals surface area contributed by atoms with Gasteiger partial charge in [-0.15, -0.1) is 0 Å². The third-order valence-electron chi connectivity index (χ3n) is 5.25. The van der Waals surface area contributed by atoms with Crippen LogP contribution in [0.25, 0.3) is 5.69 Å². The lowest BCUT2D eigenvalue weighted by atomic mass is 9.89.